The molecule has 3 heteroatoms. The average molecular weight is 271 g/mol. The Morgan fingerprint density at radius 1 is 1.10 bits per heavy atom. The highest BCUT2D eigenvalue weighted by Crippen LogP contribution is 2.28. The van der Waals surface area contributed by atoms with E-state index in [2.05, 4.69) is 68.6 Å². The molecule has 1 aromatic heterocycles. The Balaban J connectivity index is 2.21. The summed E-state index contributed by atoms with van der Waals surface area (Å²) in [5.74, 6) is 0.438. The molecule has 0 unspecified atom stereocenters. The molecule has 1 aromatic carbocycles. The highest BCUT2D eigenvalue weighted by atomic mass is 15.3. The molecule has 0 aliphatic heterocycles. The fourth-order valence-corrected chi connectivity index (χ4v) is 2.28. The SMILES string of the molecule is CC(C)NCc1ccc(-c2cn(C)nc2C(C)C)cc1. The summed E-state index contributed by atoms with van der Waals surface area (Å²) in [5, 5.41) is 8.01. The molecule has 0 spiro atoms. The highest BCUT2D eigenvalue weighted by molar-refractivity contribution is 5.66. The molecule has 2 rings (SSSR count). The van der Waals surface area contributed by atoms with Gasteiger partial charge in [-0.3, -0.25) is 4.68 Å². The van der Waals surface area contributed by atoms with Gasteiger partial charge in [-0.15, -0.1) is 0 Å². The van der Waals surface area contributed by atoms with Crippen LogP contribution in [0.5, 0.6) is 0 Å². The molecule has 0 aliphatic rings. The van der Waals surface area contributed by atoms with Crippen molar-refractivity contribution in [2.75, 3.05) is 0 Å². The largest absolute Gasteiger partial charge is 0.310 e. The highest BCUT2D eigenvalue weighted by Gasteiger charge is 2.12. The summed E-state index contributed by atoms with van der Waals surface area (Å²) in [7, 11) is 1.98. The lowest BCUT2D eigenvalue weighted by Gasteiger charge is -2.09. The molecule has 0 fully saturated rings. The van der Waals surface area contributed by atoms with Crippen molar-refractivity contribution in [3.8, 4) is 11.1 Å². The van der Waals surface area contributed by atoms with Crippen molar-refractivity contribution < 1.29 is 0 Å². The summed E-state index contributed by atoms with van der Waals surface area (Å²) < 4.78 is 1.90. The van der Waals surface area contributed by atoms with Gasteiger partial charge in [-0.2, -0.15) is 5.10 Å². The van der Waals surface area contributed by atoms with E-state index in [0.717, 1.165) is 6.54 Å². The Bertz CT molecular complexity index is 550. The zero-order valence-electron chi connectivity index (χ0n) is 13.1. The van der Waals surface area contributed by atoms with E-state index in [-0.39, 0.29) is 0 Å². The van der Waals surface area contributed by atoms with Crippen LogP contribution in [0.4, 0.5) is 0 Å². The first kappa shape index (κ1) is 14.8. The van der Waals surface area contributed by atoms with E-state index in [4.69, 9.17) is 0 Å². The normalized spacial score (nSPS) is 11.6. The lowest BCUT2D eigenvalue weighted by Crippen LogP contribution is -2.21. The summed E-state index contributed by atoms with van der Waals surface area (Å²) >= 11 is 0. The summed E-state index contributed by atoms with van der Waals surface area (Å²) in [5.41, 5.74) is 4.97. The molecule has 0 bridgehead atoms. The van der Waals surface area contributed by atoms with Crippen LogP contribution in [0.2, 0.25) is 0 Å². The van der Waals surface area contributed by atoms with Crippen LogP contribution in [0, 0.1) is 0 Å². The molecule has 3 nitrogen and oxygen atoms in total. The topological polar surface area (TPSA) is 29.9 Å². The Kier molecular flexibility index (Phi) is 4.61. The molecule has 0 atom stereocenters. The number of aryl methyl sites for hydroxylation is 1. The Morgan fingerprint density at radius 3 is 2.30 bits per heavy atom. The van der Waals surface area contributed by atoms with E-state index in [1.54, 1.807) is 0 Å². The number of nitrogens with one attached hydrogen (secondary N) is 1. The van der Waals surface area contributed by atoms with Gasteiger partial charge in [-0.05, 0) is 17.0 Å². The van der Waals surface area contributed by atoms with E-state index >= 15 is 0 Å². The molecule has 2 aromatic rings. The molecular formula is C17H25N3. The van der Waals surface area contributed by atoms with Crippen LogP contribution in [0.1, 0.15) is 44.9 Å². The molecule has 0 saturated carbocycles. The van der Waals surface area contributed by atoms with E-state index in [0.29, 0.717) is 12.0 Å². The van der Waals surface area contributed by atoms with Crippen LogP contribution in [0.25, 0.3) is 11.1 Å². The maximum absolute atomic E-state index is 4.57. The first-order valence-electron chi connectivity index (χ1n) is 7.33. The van der Waals surface area contributed by atoms with E-state index in [9.17, 15) is 0 Å². The maximum atomic E-state index is 4.57. The van der Waals surface area contributed by atoms with Gasteiger partial charge in [0.15, 0.2) is 0 Å². The van der Waals surface area contributed by atoms with Gasteiger partial charge in [0.1, 0.15) is 0 Å². The molecule has 1 heterocycles. The summed E-state index contributed by atoms with van der Waals surface area (Å²) in [6, 6.07) is 9.30. The molecule has 20 heavy (non-hydrogen) atoms. The van der Waals surface area contributed by atoms with Crippen molar-refractivity contribution in [1.82, 2.24) is 15.1 Å². The maximum Gasteiger partial charge on any atom is 0.0728 e. The van der Waals surface area contributed by atoms with Gasteiger partial charge in [0.2, 0.25) is 0 Å². The van der Waals surface area contributed by atoms with E-state index in [1.165, 1.54) is 22.4 Å². The molecule has 0 amide bonds. The van der Waals surface area contributed by atoms with Crippen LogP contribution >= 0.6 is 0 Å². The molecule has 1 N–H and O–H groups in total. The van der Waals surface area contributed by atoms with E-state index < -0.39 is 0 Å². The Hall–Kier alpha value is -1.61. The van der Waals surface area contributed by atoms with Gasteiger partial charge < -0.3 is 5.32 Å². The molecule has 0 radical (unpaired) electrons. The number of nitrogens with zero attached hydrogens (tertiary/aromatic N) is 2. The van der Waals surface area contributed by atoms with Crippen LogP contribution in [0.15, 0.2) is 30.5 Å². The smallest absolute Gasteiger partial charge is 0.0728 e. The number of hydrogen-bond donors (Lipinski definition) is 1. The summed E-state index contributed by atoms with van der Waals surface area (Å²) in [4.78, 5) is 0. The summed E-state index contributed by atoms with van der Waals surface area (Å²) in [6.07, 6.45) is 2.11. The number of aromatic nitrogens is 2. The molecular weight excluding hydrogens is 246 g/mol. The van der Waals surface area contributed by atoms with Crippen molar-refractivity contribution >= 4 is 0 Å². The van der Waals surface area contributed by atoms with Crippen molar-refractivity contribution in [1.29, 1.82) is 0 Å². The summed E-state index contributed by atoms with van der Waals surface area (Å²) in [6.45, 7) is 9.62. The third-order valence-electron chi connectivity index (χ3n) is 3.38. The number of hydrogen-bond acceptors (Lipinski definition) is 2. The lowest BCUT2D eigenvalue weighted by molar-refractivity contribution is 0.589. The van der Waals surface area contributed by atoms with Gasteiger partial charge in [0, 0.05) is 31.4 Å². The van der Waals surface area contributed by atoms with Gasteiger partial charge in [0.25, 0.3) is 0 Å². The van der Waals surface area contributed by atoms with Crippen molar-refractivity contribution in [2.24, 2.45) is 7.05 Å². The van der Waals surface area contributed by atoms with Crippen LogP contribution in [-0.4, -0.2) is 15.8 Å². The second-order valence-corrected chi connectivity index (χ2v) is 5.99. The fraction of sp³-hybridized carbons (Fsp3) is 0.471. The van der Waals surface area contributed by atoms with Crippen molar-refractivity contribution in [3.63, 3.8) is 0 Å². The quantitative estimate of drug-likeness (QED) is 0.898. The first-order valence-corrected chi connectivity index (χ1v) is 7.33. The standard InChI is InChI=1S/C17H25N3/c1-12(2)17-16(11-20(5)19-17)15-8-6-14(7-9-15)10-18-13(3)4/h6-9,11-13,18H,10H2,1-5H3. The minimum Gasteiger partial charge on any atom is -0.310 e. The average Bonchev–Trinajstić information content (AvgIpc) is 2.79. The Morgan fingerprint density at radius 2 is 1.75 bits per heavy atom. The predicted octanol–water partition coefficient (Wildman–Crippen LogP) is 3.71. The van der Waals surface area contributed by atoms with Crippen molar-refractivity contribution in [3.05, 3.63) is 41.7 Å². The first-order chi connectivity index (χ1) is 9.47. The van der Waals surface area contributed by atoms with Gasteiger partial charge in [-0.1, -0.05) is 52.0 Å². The van der Waals surface area contributed by atoms with Crippen molar-refractivity contribution in [2.45, 2.75) is 46.2 Å². The number of rotatable bonds is 5. The third-order valence-corrected chi connectivity index (χ3v) is 3.38. The van der Waals surface area contributed by atoms with Gasteiger partial charge in [-0.25, -0.2) is 0 Å². The monoisotopic (exact) mass is 271 g/mol. The zero-order valence-corrected chi connectivity index (χ0v) is 13.1. The Labute approximate surface area is 122 Å². The fourth-order valence-electron chi connectivity index (χ4n) is 2.28. The van der Waals surface area contributed by atoms with E-state index in [1.807, 2.05) is 11.7 Å². The second kappa shape index (κ2) is 6.23. The minimum absolute atomic E-state index is 0.438. The van der Waals surface area contributed by atoms with Gasteiger partial charge >= 0.3 is 0 Å². The second-order valence-electron chi connectivity index (χ2n) is 5.99. The molecule has 0 saturated heterocycles. The molecule has 0 aliphatic carbocycles. The number of benzene rings is 1. The predicted molar refractivity (Wildman–Crippen MR) is 84.7 cm³/mol. The van der Waals surface area contributed by atoms with Gasteiger partial charge in [0.05, 0.1) is 5.69 Å². The lowest BCUT2D eigenvalue weighted by atomic mass is 9.99. The zero-order chi connectivity index (χ0) is 14.7. The minimum atomic E-state index is 0.438. The van der Waals surface area contributed by atoms with Crippen LogP contribution < -0.4 is 5.32 Å². The third kappa shape index (κ3) is 3.48. The van der Waals surface area contributed by atoms with Crippen LogP contribution in [0.3, 0.4) is 0 Å². The molecule has 108 valence electrons. The van der Waals surface area contributed by atoms with Crippen LogP contribution in [-0.2, 0) is 13.6 Å².